The second kappa shape index (κ2) is 5.93. The van der Waals surface area contributed by atoms with E-state index in [0.29, 0.717) is 12.0 Å². The zero-order valence-corrected chi connectivity index (χ0v) is 12.8. The molecule has 2 rings (SSSR count). The molecule has 4 heteroatoms. The predicted octanol–water partition coefficient (Wildman–Crippen LogP) is 4.02. The van der Waals surface area contributed by atoms with Crippen LogP contribution in [0.15, 0.2) is 18.2 Å². The Morgan fingerprint density at radius 3 is 2.63 bits per heavy atom. The second-order valence-corrected chi connectivity index (χ2v) is 6.09. The Morgan fingerprint density at radius 1 is 1.26 bits per heavy atom. The molecule has 2 aromatic rings. The van der Waals surface area contributed by atoms with Gasteiger partial charge in [-0.1, -0.05) is 25.4 Å². The van der Waals surface area contributed by atoms with Gasteiger partial charge in [-0.25, -0.2) is 4.98 Å². The third-order valence-corrected chi connectivity index (χ3v) is 3.31. The van der Waals surface area contributed by atoms with Gasteiger partial charge in [0.15, 0.2) is 0 Å². The zero-order valence-electron chi connectivity index (χ0n) is 12.1. The third kappa shape index (κ3) is 3.28. The summed E-state index contributed by atoms with van der Waals surface area (Å²) >= 11 is 6.09. The van der Waals surface area contributed by atoms with Crippen LogP contribution >= 0.6 is 11.6 Å². The van der Waals surface area contributed by atoms with Gasteiger partial charge in [0.25, 0.3) is 0 Å². The maximum Gasteiger partial charge on any atom is 0.124 e. The summed E-state index contributed by atoms with van der Waals surface area (Å²) in [4.78, 5) is 4.71. The molecule has 0 atom stereocenters. The molecule has 0 amide bonds. The number of rotatable bonds is 5. The summed E-state index contributed by atoms with van der Waals surface area (Å²) in [5, 5.41) is 4.22. The van der Waals surface area contributed by atoms with E-state index in [1.807, 2.05) is 18.2 Å². The van der Waals surface area contributed by atoms with Crippen molar-refractivity contribution < 1.29 is 0 Å². The van der Waals surface area contributed by atoms with E-state index in [1.54, 1.807) is 0 Å². The fourth-order valence-corrected chi connectivity index (χ4v) is 2.46. The van der Waals surface area contributed by atoms with Crippen LogP contribution in [0.5, 0.6) is 0 Å². The summed E-state index contributed by atoms with van der Waals surface area (Å²) in [7, 11) is 0. The van der Waals surface area contributed by atoms with Crippen LogP contribution in [0.2, 0.25) is 5.02 Å². The molecule has 0 bridgehead atoms. The van der Waals surface area contributed by atoms with E-state index in [4.69, 9.17) is 16.6 Å². The van der Waals surface area contributed by atoms with E-state index in [0.717, 1.165) is 35.0 Å². The number of nitrogens with one attached hydrogen (secondary N) is 1. The first-order valence-electron chi connectivity index (χ1n) is 6.86. The van der Waals surface area contributed by atoms with Gasteiger partial charge in [0.2, 0.25) is 0 Å². The van der Waals surface area contributed by atoms with Crippen molar-refractivity contribution in [3.63, 3.8) is 0 Å². The first kappa shape index (κ1) is 14.4. The number of fused-ring (bicyclic) bond motifs is 1. The second-order valence-electron chi connectivity index (χ2n) is 5.65. The SMILES string of the molecule is CC(C)CNCc1nc2ccc(Cl)cc2n1C(C)C. The van der Waals surface area contributed by atoms with Crippen LogP contribution in [0.1, 0.15) is 39.6 Å². The van der Waals surface area contributed by atoms with Crippen LogP contribution in [0.4, 0.5) is 0 Å². The minimum atomic E-state index is 0.374. The van der Waals surface area contributed by atoms with E-state index < -0.39 is 0 Å². The quantitative estimate of drug-likeness (QED) is 0.896. The molecular formula is C15H22ClN3. The summed E-state index contributed by atoms with van der Waals surface area (Å²) in [5.74, 6) is 1.72. The molecule has 0 unspecified atom stereocenters. The van der Waals surface area contributed by atoms with E-state index in [1.165, 1.54) is 0 Å². The first-order chi connectivity index (χ1) is 8.99. The molecule has 0 aliphatic carbocycles. The van der Waals surface area contributed by atoms with Crippen molar-refractivity contribution in [2.45, 2.75) is 40.3 Å². The molecule has 1 aromatic carbocycles. The number of imidazole rings is 1. The van der Waals surface area contributed by atoms with Crippen LogP contribution < -0.4 is 5.32 Å². The number of aromatic nitrogens is 2. The molecule has 104 valence electrons. The molecule has 0 saturated carbocycles. The molecule has 1 aromatic heterocycles. The van der Waals surface area contributed by atoms with Crippen molar-refractivity contribution >= 4 is 22.6 Å². The topological polar surface area (TPSA) is 29.9 Å². The van der Waals surface area contributed by atoms with Gasteiger partial charge in [0.05, 0.1) is 17.6 Å². The van der Waals surface area contributed by atoms with Crippen molar-refractivity contribution in [3.05, 3.63) is 29.0 Å². The van der Waals surface area contributed by atoms with E-state index in [9.17, 15) is 0 Å². The van der Waals surface area contributed by atoms with Crippen LogP contribution in [-0.4, -0.2) is 16.1 Å². The summed E-state index contributed by atoms with van der Waals surface area (Å²) in [5.41, 5.74) is 2.13. The number of benzene rings is 1. The summed E-state index contributed by atoms with van der Waals surface area (Å²) < 4.78 is 2.26. The molecule has 3 nitrogen and oxygen atoms in total. The number of hydrogen-bond acceptors (Lipinski definition) is 2. The standard InChI is InChI=1S/C15H22ClN3/c1-10(2)8-17-9-15-18-13-6-5-12(16)7-14(13)19(15)11(3)4/h5-7,10-11,17H,8-9H2,1-4H3. The maximum atomic E-state index is 6.09. The fourth-order valence-electron chi connectivity index (χ4n) is 2.29. The van der Waals surface area contributed by atoms with Gasteiger partial charge in [-0.15, -0.1) is 0 Å². The molecule has 0 fully saturated rings. The van der Waals surface area contributed by atoms with Crippen molar-refractivity contribution in [1.29, 1.82) is 0 Å². The fraction of sp³-hybridized carbons (Fsp3) is 0.533. The predicted molar refractivity (Wildman–Crippen MR) is 81.7 cm³/mol. The van der Waals surface area contributed by atoms with Gasteiger partial charge in [-0.2, -0.15) is 0 Å². The molecule has 1 N–H and O–H groups in total. The Morgan fingerprint density at radius 2 is 2.00 bits per heavy atom. The van der Waals surface area contributed by atoms with E-state index in [-0.39, 0.29) is 0 Å². The third-order valence-electron chi connectivity index (χ3n) is 3.08. The highest BCUT2D eigenvalue weighted by molar-refractivity contribution is 6.31. The minimum Gasteiger partial charge on any atom is -0.324 e. The van der Waals surface area contributed by atoms with E-state index >= 15 is 0 Å². The average Bonchev–Trinajstić information content (AvgIpc) is 2.65. The molecule has 0 aliphatic rings. The number of nitrogens with zero attached hydrogens (tertiary/aromatic N) is 2. The van der Waals surface area contributed by atoms with Crippen molar-refractivity contribution in [1.82, 2.24) is 14.9 Å². The summed E-state index contributed by atoms with van der Waals surface area (Å²) in [6.45, 7) is 10.6. The van der Waals surface area contributed by atoms with Gasteiger partial charge in [-0.05, 0) is 44.5 Å². The molecule has 0 aliphatic heterocycles. The monoisotopic (exact) mass is 279 g/mol. The van der Waals surface area contributed by atoms with Crippen molar-refractivity contribution in [2.75, 3.05) is 6.54 Å². The summed E-state index contributed by atoms with van der Waals surface area (Å²) in [6.07, 6.45) is 0. The van der Waals surface area contributed by atoms with E-state index in [2.05, 4.69) is 37.6 Å². The van der Waals surface area contributed by atoms with Crippen LogP contribution in [-0.2, 0) is 6.54 Å². The number of halogens is 1. The highest BCUT2D eigenvalue weighted by Crippen LogP contribution is 2.24. The molecule has 0 spiro atoms. The summed E-state index contributed by atoms with van der Waals surface area (Å²) in [6, 6.07) is 6.25. The van der Waals surface area contributed by atoms with Crippen LogP contribution in [0.25, 0.3) is 11.0 Å². The Labute approximate surface area is 120 Å². The van der Waals surface area contributed by atoms with Gasteiger partial charge in [0.1, 0.15) is 5.82 Å². The number of hydrogen-bond donors (Lipinski definition) is 1. The smallest absolute Gasteiger partial charge is 0.124 e. The largest absolute Gasteiger partial charge is 0.324 e. The lowest BCUT2D eigenvalue weighted by atomic mass is 10.2. The van der Waals surface area contributed by atoms with Gasteiger partial charge in [0, 0.05) is 11.1 Å². The van der Waals surface area contributed by atoms with Crippen molar-refractivity contribution in [3.8, 4) is 0 Å². The van der Waals surface area contributed by atoms with Gasteiger partial charge < -0.3 is 9.88 Å². The Balaban J connectivity index is 2.34. The lowest BCUT2D eigenvalue weighted by Crippen LogP contribution is -2.22. The molecule has 19 heavy (non-hydrogen) atoms. The van der Waals surface area contributed by atoms with Crippen LogP contribution in [0, 0.1) is 5.92 Å². The molecule has 0 radical (unpaired) electrons. The first-order valence-corrected chi connectivity index (χ1v) is 7.24. The van der Waals surface area contributed by atoms with Gasteiger partial charge in [-0.3, -0.25) is 0 Å². The highest BCUT2D eigenvalue weighted by atomic mass is 35.5. The molecule has 0 saturated heterocycles. The minimum absolute atomic E-state index is 0.374. The van der Waals surface area contributed by atoms with Crippen LogP contribution in [0.3, 0.4) is 0 Å². The van der Waals surface area contributed by atoms with Gasteiger partial charge >= 0.3 is 0 Å². The lowest BCUT2D eigenvalue weighted by molar-refractivity contribution is 0.514. The highest BCUT2D eigenvalue weighted by Gasteiger charge is 2.13. The Kier molecular flexibility index (Phi) is 4.48. The van der Waals surface area contributed by atoms with Crippen molar-refractivity contribution in [2.24, 2.45) is 5.92 Å². The maximum absolute atomic E-state index is 6.09. The zero-order chi connectivity index (χ0) is 14.0. The molecular weight excluding hydrogens is 258 g/mol. The lowest BCUT2D eigenvalue weighted by Gasteiger charge is -2.14. The Bertz CT molecular complexity index is 558. The average molecular weight is 280 g/mol. The molecule has 1 heterocycles. The normalized spacial score (nSPS) is 11.9. The Hall–Kier alpha value is -1.06.